The molecule has 196 valence electrons. The van der Waals surface area contributed by atoms with Crippen molar-refractivity contribution in [3.05, 3.63) is 98.5 Å². The van der Waals surface area contributed by atoms with Crippen LogP contribution in [0.1, 0.15) is 42.5 Å². The number of rotatable bonds is 11. The largest absolute Gasteiger partial charge is 0.484 e. The maximum absolute atomic E-state index is 13.7. The maximum Gasteiger partial charge on any atom is 0.261 e. The second kappa shape index (κ2) is 13.6. The van der Waals surface area contributed by atoms with Crippen molar-refractivity contribution in [2.75, 3.05) is 6.61 Å². The van der Waals surface area contributed by atoms with Crippen LogP contribution in [0.2, 0.25) is 5.02 Å². The molecule has 3 aromatic rings. The second-order valence-corrected chi connectivity index (χ2v) is 10.6. The molecule has 5 nitrogen and oxygen atoms in total. The summed E-state index contributed by atoms with van der Waals surface area (Å²) in [6.07, 6.45) is 1.19. The molecule has 2 amide bonds. The highest BCUT2D eigenvalue weighted by Crippen LogP contribution is 2.26. The van der Waals surface area contributed by atoms with Crippen LogP contribution in [0.5, 0.6) is 5.75 Å². The summed E-state index contributed by atoms with van der Waals surface area (Å²) in [5.74, 6) is 0.121. The van der Waals surface area contributed by atoms with Crippen LogP contribution < -0.4 is 10.1 Å². The van der Waals surface area contributed by atoms with Crippen molar-refractivity contribution in [1.29, 1.82) is 0 Å². The smallest absolute Gasteiger partial charge is 0.261 e. The first-order chi connectivity index (χ1) is 17.7. The zero-order chi connectivity index (χ0) is 26.9. The molecule has 0 radical (unpaired) electrons. The molecule has 37 heavy (non-hydrogen) atoms. The molecule has 3 rings (SSSR count). The first kappa shape index (κ1) is 28.7. The standard InChI is InChI=1S/C30H34BrClN2O3/c1-5-22(4)33-30(36)27(17-23-9-7-6-8-10-23)34(18-24-11-13-25(31)14-12-24)28(35)19-37-26-15-20(2)29(32)21(3)16-26/h6-16,22,27H,5,17-19H2,1-4H3,(H,33,36)/t22-,27+/m1/s1. The van der Waals surface area contributed by atoms with Crippen LogP contribution in [0.4, 0.5) is 0 Å². The Morgan fingerprint density at radius 3 is 2.22 bits per heavy atom. The number of hydrogen-bond acceptors (Lipinski definition) is 3. The Labute approximate surface area is 233 Å². The molecule has 7 heteroatoms. The van der Waals surface area contributed by atoms with Crippen LogP contribution in [-0.2, 0) is 22.6 Å². The number of nitrogens with zero attached hydrogens (tertiary/aromatic N) is 1. The van der Waals surface area contributed by atoms with E-state index in [1.807, 2.05) is 94.4 Å². The Bertz CT molecular complexity index is 1180. The number of nitrogens with one attached hydrogen (secondary N) is 1. The van der Waals surface area contributed by atoms with Gasteiger partial charge in [0.15, 0.2) is 6.61 Å². The number of aryl methyl sites for hydroxylation is 2. The number of amides is 2. The summed E-state index contributed by atoms with van der Waals surface area (Å²) in [4.78, 5) is 28.9. The first-order valence-corrected chi connectivity index (χ1v) is 13.6. The molecular weight excluding hydrogens is 552 g/mol. The van der Waals surface area contributed by atoms with Crippen LogP contribution in [0.3, 0.4) is 0 Å². The molecule has 0 aliphatic rings. The fourth-order valence-electron chi connectivity index (χ4n) is 4.00. The van der Waals surface area contributed by atoms with Gasteiger partial charge in [-0.15, -0.1) is 0 Å². The molecular formula is C30H34BrClN2O3. The molecule has 0 unspecified atom stereocenters. The van der Waals surface area contributed by atoms with E-state index in [-0.39, 0.29) is 31.0 Å². The van der Waals surface area contributed by atoms with E-state index < -0.39 is 6.04 Å². The predicted molar refractivity (Wildman–Crippen MR) is 153 cm³/mol. The Morgan fingerprint density at radius 1 is 1.00 bits per heavy atom. The molecule has 0 fully saturated rings. The molecule has 0 saturated heterocycles. The van der Waals surface area contributed by atoms with Gasteiger partial charge < -0.3 is 15.0 Å². The van der Waals surface area contributed by atoms with Gasteiger partial charge in [-0.25, -0.2) is 0 Å². The van der Waals surface area contributed by atoms with Gasteiger partial charge in [-0.1, -0.05) is 76.9 Å². The predicted octanol–water partition coefficient (Wildman–Crippen LogP) is 6.65. The highest BCUT2D eigenvalue weighted by Gasteiger charge is 2.31. The Kier molecular flexibility index (Phi) is 10.6. The van der Waals surface area contributed by atoms with Crippen LogP contribution in [0.15, 0.2) is 71.2 Å². The molecule has 0 aromatic heterocycles. The third-order valence-corrected chi connectivity index (χ3v) is 7.44. The zero-order valence-electron chi connectivity index (χ0n) is 21.8. The summed E-state index contributed by atoms with van der Waals surface area (Å²) in [6, 6.07) is 20.4. The molecule has 1 N–H and O–H groups in total. The van der Waals surface area contributed by atoms with Gasteiger partial charge >= 0.3 is 0 Å². The summed E-state index contributed by atoms with van der Waals surface area (Å²) in [5.41, 5.74) is 3.66. The summed E-state index contributed by atoms with van der Waals surface area (Å²) < 4.78 is 6.86. The average molecular weight is 586 g/mol. The Hall–Kier alpha value is -2.83. The van der Waals surface area contributed by atoms with E-state index in [1.54, 1.807) is 4.90 Å². The van der Waals surface area contributed by atoms with Crippen LogP contribution in [-0.4, -0.2) is 35.4 Å². The van der Waals surface area contributed by atoms with E-state index in [1.165, 1.54) is 0 Å². The molecule has 0 heterocycles. The van der Waals surface area contributed by atoms with E-state index in [4.69, 9.17) is 16.3 Å². The van der Waals surface area contributed by atoms with Gasteiger partial charge in [0.2, 0.25) is 5.91 Å². The van der Waals surface area contributed by atoms with E-state index in [0.717, 1.165) is 33.1 Å². The van der Waals surface area contributed by atoms with E-state index >= 15 is 0 Å². The molecule has 0 aliphatic heterocycles. The lowest BCUT2D eigenvalue weighted by atomic mass is 10.0. The molecule has 0 saturated carbocycles. The number of halogens is 2. The molecule has 3 aromatic carbocycles. The quantitative estimate of drug-likeness (QED) is 0.274. The third kappa shape index (κ3) is 8.34. The van der Waals surface area contributed by atoms with Gasteiger partial charge in [0, 0.05) is 28.5 Å². The minimum absolute atomic E-state index is 0.00771. The Balaban J connectivity index is 1.92. The SMILES string of the molecule is CC[C@@H](C)NC(=O)[C@H](Cc1ccccc1)N(Cc1ccc(Br)cc1)C(=O)COc1cc(C)c(Cl)c(C)c1. The van der Waals surface area contributed by atoms with Gasteiger partial charge in [0.1, 0.15) is 11.8 Å². The summed E-state index contributed by atoms with van der Waals surface area (Å²) in [6.45, 7) is 7.87. The van der Waals surface area contributed by atoms with E-state index in [0.29, 0.717) is 17.2 Å². The summed E-state index contributed by atoms with van der Waals surface area (Å²) >= 11 is 9.76. The highest BCUT2D eigenvalue weighted by molar-refractivity contribution is 9.10. The number of benzene rings is 3. The van der Waals surface area contributed by atoms with Gasteiger partial charge in [-0.05, 0) is 73.7 Å². The lowest BCUT2D eigenvalue weighted by Crippen LogP contribution is -2.53. The van der Waals surface area contributed by atoms with E-state index in [9.17, 15) is 9.59 Å². The topological polar surface area (TPSA) is 58.6 Å². The van der Waals surface area contributed by atoms with Gasteiger partial charge in [-0.3, -0.25) is 9.59 Å². The van der Waals surface area contributed by atoms with Gasteiger partial charge in [-0.2, -0.15) is 0 Å². The van der Waals surface area contributed by atoms with E-state index in [2.05, 4.69) is 21.2 Å². The van der Waals surface area contributed by atoms with Crippen molar-refractivity contribution in [1.82, 2.24) is 10.2 Å². The van der Waals surface area contributed by atoms with Gasteiger partial charge in [0.25, 0.3) is 5.91 Å². The van der Waals surface area contributed by atoms with Crippen LogP contribution in [0, 0.1) is 13.8 Å². The number of carbonyl (C=O) groups is 2. The number of ether oxygens (including phenoxy) is 1. The van der Waals surface area contributed by atoms with Gasteiger partial charge in [0.05, 0.1) is 0 Å². The first-order valence-electron chi connectivity index (χ1n) is 12.5. The van der Waals surface area contributed by atoms with Crippen molar-refractivity contribution in [3.63, 3.8) is 0 Å². The fourth-order valence-corrected chi connectivity index (χ4v) is 4.37. The van der Waals surface area contributed by atoms with Crippen molar-refractivity contribution in [2.45, 2.75) is 59.2 Å². The van der Waals surface area contributed by atoms with Crippen molar-refractivity contribution < 1.29 is 14.3 Å². The monoisotopic (exact) mass is 584 g/mol. The molecule has 0 aliphatic carbocycles. The Morgan fingerprint density at radius 2 is 1.62 bits per heavy atom. The van der Waals surface area contributed by atoms with Crippen LogP contribution >= 0.6 is 27.5 Å². The molecule has 0 spiro atoms. The fraction of sp³-hybridized carbons (Fsp3) is 0.333. The van der Waals surface area contributed by atoms with Crippen molar-refractivity contribution >= 4 is 39.3 Å². The minimum Gasteiger partial charge on any atom is -0.484 e. The number of carbonyl (C=O) groups excluding carboxylic acids is 2. The molecule has 2 atom stereocenters. The van der Waals surface area contributed by atoms with Crippen molar-refractivity contribution in [2.24, 2.45) is 0 Å². The van der Waals surface area contributed by atoms with Crippen LogP contribution in [0.25, 0.3) is 0 Å². The summed E-state index contributed by atoms with van der Waals surface area (Å²) in [5, 5.41) is 3.76. The average Bonchev–Trinajstić information content (AvgIpc) is 2.89. The lowest BCUT2D eigenvalue weighted by molar-refractivity contribution is -0.143. The third-order valence-electron chi connectivity index (χ3n) is 6.31. The minimum atomic E-state index is -0.704. The maximum atomic E-state index is 13.7. The zero-order valence-corrected chi connectivity index (χ0v) is 24.1. The second-order valence-electron chi connectivity index (χ2n) is 9.33. The number of hydrogen-bond donors (Lipinski definition) is 1. The molecule has 0 bridgehead atoms. The highest BCUT2D eigenvalue weighted by atomic mass is 79.9. The summed E-state index contributed by atoms with van der Waals surface area (Å²) in [7, 11) is 0. The van der Waals surface area contributed by atoms with Crippen molar-refractivity contribution in [3.8, 4) is 5.75 Å². The lowest BCUT2D eigenvalue weighted by Gasteiger charge is -2.32. The normalized spacial score (nSPS) is 12.5.